The lowest BCUT2D eigenvalue weighted by atomic mass is 9.83. The molecular formula is C93H90N2O2. The van der Waals surface area contributed by atoms with Crippen LogP contribution in [-0.2, 0) is 6.42 Å². The minimum atomic E-state index is 0.238. The zero-order chi connectivity index (χ0) is 67.3. The maximum Gasteiger partial charge on any atom is 0.159 e. The van der Waals surface area contributed by atoms with Gasteiger partial charge < -0.3 is 18.6 Å². The van der Waals surface area contributed by atoms with Gasteiger partial charge in [0.15, 0.2) is 11.2 Å². The normalized spacial score (nSPS) is 16.6. The SMILES string of the molecule is C=C/C=C(\C=C/C)c1cc2cc(c1)N1c3ccc(/C=C\C)c4c3ccc3ccc(cc34)N(c3cc(cc(-c4ccccc4)c3)CC3=CCC=C(C3)CC(CC)c3cccc4c3oc3c1cccc34)c1cccc3c1oc1c(cccc13)C1CC=C(C/C=C/2C=C)C1.CC.CC.CC. The molecule has 2 aliphatic heterocycles. The first-order valence-corrected chi connectivity index (χ1v) is 35.6. The number of furan rings is 2. The van der Waals surface area contributed by atoms with Gasteiger partial charge in [0.05, 0.1) is 17.1 Å². The van der Waals surface area contributed by atoms with Crippen molar-refractivity contribution >= 4 is 117 Å². The van der Waals surface area contributed by atoms with Gasteiger partial charge in [0, 0.05) is 44.0 Å². The second kappa shape index (κ2) is 28.9. The first-order valence-electron chi connectivity index (χ1n) is 35.6. The van der Waals surface area contributed by atoms with Crippen LogP contribution in [0.25, 0.3) is 93.8 Å². The summed E-state index contributed by atoms with van der Waals surface area (Å²) >= 11 is 0. The van der Waals surface area contributed by atoms with Crippen LogP contribution in [0, 0.1) is 0 Å². The second-order valence-corrected chi connectivity index (χ2v) is 25.3. The minimum Gasteiger partial charge on any atom is -0.454 e. The lowest BCUT2D eigenvalue weighted by Gasteiger charge is -2.29. The summed E-state index contributed by atoms with van der Waals surface area (Å²) in [6.07, 6.45) is 31.9. The maximum absolute atomic E-state index is 7.62. The second-order valence-electron chi connectivity index (χ2n) is 25.3. The Morgan fingerprint density at radius 3 is 1.89 bits per heavy atom. The van der Waals surface area contributed by atoms with Crippen LogP contribution >= 0.6 is 0 Å². The third kappa shape index (κ3) is 12.2. The molecule has 4 heterocycles. The number of hydrogen-bond acceptors (Lipinski definition) is 4. The smallest absolute Gasteiger partial charge is 0.159 e. The average molecular weight is 1270 g/mol. The number of rotatable bonds is 7. The standard InChI is InChI=1S/C87H72N2O2.3C2H6/c1-6-19-61(20-7-2)68-50-67-52-71(53-68)89-80-43-40-64(21-8-3)83-78(80)42-39-63-38-41-69(54-79(63)83)88(81-32-17-30-76-75-29-16-27-73(85(75)91-86(76)81)65-37-35-55(46-65)34-36-59(67)9-4)70-49-58(48-66(51-70)62-24-12-11-13-25-62)45-56-22-14-23-57(44-56)47-60(10-5)72-26-15-28-74-77-31-18-33-82(89)87(77)90-84(72)74;3*1-2/h6-9,11-13,15-33,35-36,38-43,48-54,60,65H,1,4,10,14,34,37,44-47H2,2-3,5H3;3*1-2H3/b20-7-,21-8-,59-36+,61-19+;;;. The predicted octanol–water partition coefficient (Wildman–Crippen LogP) is 28.5. The van der Waals surface area contributed by atoms with Crippen LogP contribution in [-0.4, -0.2) is 0 Å². The van der Waals surface area contributed by atoms with E-state index in [2.05, 4.69) is 280 Å². The van der Waals surface area contributed by atoms with Crippen molar-refractivity contribution in [3.63, 3.8) is 0 Å². The molecule has 2 atom stereocenters. The highest BCUT2D eigenvalue weighted by molar-refractivity contribution is 6.19. The number of hydrogen-bond donors (Lipinski definition) is 0. The topological polar surface area (TPSA) is 32.8 Å². The molecule has 2 unspecified atom stereocenters. The molecule has 10 aromatic carbocycles. The molecule has 0 N–H and O–H groups in total. The van der Waals surface area contributed by atoms with Crippen molar-refractivity contribution in [2.24, 2.45) is 0 Å². The fraction of sp³-hybridized carbons (Fsp3) is 0.204. The third-order valence-corrected chi connectivity index (χ3v) is 19.8. The van der Waals surface area contributed by atoms with Crippen LogP contribution in [0.3, 0.4) is 0 Å². The van der Waals surface area contributed by atoms with E-state index in [1.165, 1.54) is 44.5 Å². The van der Waals surface area contributed by atoms with Crippen molar-refractivity contribution < 1.29 is 8.83 Å². The Kier molecular flexibility index (Phi) is 19.4. The van der Waals surface area contributed by atoms with E-state index in [1.807, 2.05) is 53.7 Å². The average Bonchev–Trinajstić information content (AvgIpc) is 1.73. The van der Waals surface area contributed by atoms with E-state index < -0.39 is 0 Å². The van der Waals surface area contributed by atoms with Crippen LogP contribution in [0.15, 0.2) is 281 Å². The summed E-state index contributed by atoms with van der Waals surface area (Å²) in [6, 6.07) is 68.8. The molecule has 16 rings (SSSR count). The summed E-state index contributed by atoms with van der Waals surface area (Å²) in [5.41, 5.74) is 25.6. The van der Waals surface area contributed by atoms with Crippen LogP contribution in [0.5, 0.6) is 0 Å². The Labute approximate surface area is 574 Å². The monoisotopic (exact) mass is 1270 g/mol. The van der Waals surface area contributed by atoms with Gasteiger partial charge in [0.25, 0.3) is 0 Å². The molecule has 484 valence electrons. The zero-order valence-corrected chi connectivity index (χ0v) is 58.1. The molecule has 0 amide bonds. The van der Waals surface area contributed by atoms with E-state index in [0.29, 0.717) is 0 Å². The highest BCUT2D eigenvalue weighted by Crippen LogP contribution is 2.52. The van der Waals surface area contributed by atoms with Crippen LogP contribution in [0.4, 0.5) is 34.1 Å². The fourth-order valence-corrected chi connectivity index (χ4v) is 15.6. The van der Waals surface area contributed by atoms with Gasteiger partial charge in [-0.1, -0.05) is 267 Å². The van der Waals surface area contributed by atoms with Crippen LogP contribution in [0.1, 0.15) is 152 Å². The molecule has 2 aliphatic carbocycles. The van der Waals surface area contributed by atoms with E-state index in [4.69, 9.17) is 8.83 Å². The van der Waals surface area contributed by atoms with Crippen molar-refractivity contribution in [1.82, 2.24) is 0 Å². The van der Waals surface area contributed by atoms with Crippen LogP contribution in [0.2, 0.25) is 0 Å². The van der Waals surface area contributed by atoms with Gasteiger partial charge >= 0.3 is 0 Å². The van der Waals surface area contributed by atoms with Crippen molar-refractivity contribution in [3.8, 4) is 11.1 Å². The molecule has 19 bridgehead atoms. The number of para-hydroxylation sites is 4. The van der Waals surface area contributed by atoms with Gasteiger partial charge in [-0.05, 0) is 210 Å². The van der Waals surface area contributed by atoms with E-state index >= 15 is 0 Å². The van der Waals surface area contributed by atoms with Gasteiger partial charge in [0.1, 0.15) is 11.2 Å². The molecule has 0 fully saturated rings. The highest BCUT2D eigenvalue weighted by atomic mass is 16.3. The number of allylic oxidation sites excluding steroid dienone is 15. The van der Waals surface area contributed by atoms with Gasteiger partial charge in [0.2, 0.25) is 0 Å². The van der Waals surface area contributed by atoms with Gasteiger partial charge in [-0.15, -0.1) is 0 Å². The number of anilines is 6. The molecule has 0 saturated heterocycles. The summed E-state index contributed by atoms with van der Waals surface area (Å²) < 4.78 is 15.2. The number of fused-ring (bicyclic) bond motifs is 15. The molecule has 0 radical (unpaired) electrons. The Balaban J connectivity index is 0.00000138. The lowest BCUT2D eigenvalue weighted by molar-refractivity contribution is 0.614. The Morgan fingerprint density at radius 2 is 1.18 bits per heavy atom. The van der Waals surface area contributed by atoms with Gasteiger partial charge in [-0.25, -0.2) is 0 Å². The first-order chi connectivity index (χ1) is 47.8. The summed E-state index contributed by atoms with van der Waals surface area (Å²) in [6.45, 7) is 27.3. The van der Waals surface area contributed by atoms with Gasteiger partial charge in [-0.2, -0.15) is 0 Å². The third-order valence-electron chi connectivity index (χ3n) is 19.8. The minimum absolute atomic E-state index is 0.238. The maximum atomic E-state index is 7.62. The van der Waals surface area contributed by atoms with Crippen molar-refractivity contribution in [3.05, 3.63) is 306 Å². The lowest BCUT2D eigenvalue weighted by Crippen LogP contribution is -2.12. The van der Waals surface area contributed by atoms with Gasteiger partial charge in [-0.3, -0.25) is 0 Å². The summed E-state index contributed by atoms with van der Waals surface area (Å²) in [4.78, 5) is 4.98. The predicted molar refractivity (Wildman–Crippen MR) is 422 cm³/mol. The summed E-state index contributed by atoms with van der Waals surface area (Å²) in [5.74, 6) is 0.498. The summed E-state index contributed by atoms with van der Waals surface area (Å²) in [5, 5.41) is 9.01. The molecule has 0 spiro atoms. The Bertz CT molecular complexity index is 5220. The summed E-state index contributed by atoms with van der Waals surface area (Å²) in [7, 11) is 0. The molecule has 2 aromatic heterocycles. The Morgan fingerprint density at radius 1 is 0.505 bits per heavy atom. The molecule has 97 heavy (non-hydrogen) atoms. The highest BCUT2D eigenvalue weighted by Gasteiger charge is 2.30. The molecule has 0 saturated carbocycles. The largest absolute Gasteiger partial charge is 0.454 e. The quantitative estimate of drug-likeness (QED) is 0.0904. The number of nitrogens with zero attached hydrogens (tertiary/aromatic N) is 2. The fourth-order valence-electron chi connectivity index (χ4n) is 15.6. The molecule has 4 aliphatic rings. The van der Waals surface area contributed by atoms with Crippen LogP contribution < -0.4 is 9.80 Å². The zero-order valence-electron chi connectivity index (χ0n) is 58.1. The Hall–Kier alpha value is -10.4. The van der Waals surface area contributed by atoms with Crippen molar-refractivity contribution in [2.45, 2.75) is 126 Å². The molecular weight excluding hydrogens is 1180 g/mol. The molecule has 4 nitrogen and oxygen atoms in total. The van der Waals surface area contributed by atoms with E-state index in [1.54, 1.807) is 0 Å². The van der Waals surface area contributed by atoms with E-state index in [0.717, 1.165) is 179 Å². The molecule has 4 heteroatoms. The van der Waals surface area contributed by atoms with E-state index in [9.17, 15) is 0 Å². The molecule has 12 aromatic rings. The van der Waals surface area contributed by atoms with E-state index in [-0.39, 0.29) is 11.8 Å². The van der Waals surface area contributed by atoms with Crippen molar-refractivity contribution in [1.29, 1.82) is 0 Å². The van der Waals surface area contributed by atoms with Crippen molar-refractivity contribution in [2.75, 3.05) is 9.80 Å². The first kappa shape index (κ1) is 65.3. The number of benzene rings is 10.